The molecule has 1 saturated carbocycles. The number of halogens is 1. The number of carbonyl (C=O) groups excluding carboxylic acids is 1. The van der Waals surface area contributed by atoms with E-state index in [1.165, 1.54) is 6.08 Å². The molecule has 0 aliphatic heterocycles. The molecule has 1 N–H and O–H groups in total. The monoisotopic (exact) mass is 159 g/mol. The highest BCUT2D eigenvalue weighted by molar-refractivity contribution is 6.30. The zero-order valence-corrected chi connectivity index (χ0v) is 6.61. The molecule has 1 fully saturated rings. The van der Waals surface area contributed by atoms with E-state index in [0.717, 1.165) is 12.8 Å². The predicted molar refractivity (Wildman–Crippen MR) is 40.8 cm³/mol. The highest BCUT2D eigenvalue weighted by Gasteiger charge is 2.22. The normalized spacial score (nSPS) is 18.8. The van der Waals surface area contributed by atoms with Gasteiger partial charge in [0.15, 0.2) is 0 Å². The second-order valence-electron chi connectivity index (χ2n) is 2.51. The van der Waals surface area contributed by atoms with Crippen LogP contribution in [-0.4, -0.2) is 11.9 Å². The van der Waals surface area contributed by atoms with Gasteiger partial charge in [-0.3, -0.25) is 4.79 Å². The number of hydrogen-bond donors (Lipinski definition) is 1. The first-order valence-corrected chi connectivity index (χ1v) is 3.70. The van der Waals surface area contributed by atoms with Crippen molar-refractivity contribution in [1.29, 1.82) is 0 Å². The Bertz CT molecular complexity index is 168. The van der Waals surface area contributed by atoms with Crippen molar-refractivity contribution in [3.63, 3.8) is 0 Å². The molecule has 10 heavy (non-hydrogen) atoms. The van der Waals surface area contributed by atoms with E-state index in [4.69, 9.17) is 11.6 Å². The van der Waals surface area contributed by atoms with Crippen molar-refractivity contribution in [2.24, 2.45) is 0 Å². The van der Waals surface area contributed by atoms with Crippen LogP contribution in [0.2, 0.25) is 0 Å². The van der Waals surface area contributed by atoms with Gasteiger partial charge in [0.2, 0.25) is 5.91 Å². The van der Waals surface area contributed by atoms with Gasteiger partial charge in [-0.1, -0.05) is 11.6 Å². The largest absolute Gasteiger partial charge is 0.350 e. The standard InChI is InChI=1S/C7H10ClNO/c1-5(8)4-7(10)9-6-2-3-6/h4,6H,2-3H2,1H3,(H,9,10). The molecular formula is C7H10ClNO. The highest BCUT2D eigenvalue weighted by atomic mass is 35.5. The van der Waals surface area contributed by atoms with E-state index < -0.39 is 0 Å². The Hall–Kier alpha value is -0.500. The molecule has 0 heterocycles. The van der Waals surface area contributed by atoms with Crippen LogP contribution in [0.15, 0.2) is 11.1 Å². The van der Waals surface area contributed by atoms with Crippen molar-refractivity contribution in [2.45, 2.75) is 25.8 Å². The van der Waals surface area contributed by atoms with E-state index in [9.17, 15) is 4.79 Å². The Morgan fingerprint density at radius 2 is 2.30 bits per heavy atom. The molecule has 1 amide bonds. The van der Waals surface area contributed by atoms with Gasteiger partial charge in [0.1, 0.15) is 0 Å². The van der Waals surface area contributed by atoms with Crippen LogP contribution >= 0.6 is 11.6 Å². The highest BCUT2D eigenvalue weighted by Crippen LogP contribution is 2.18. The van der Waals surface area contributed by atoms with Gasteiger partial charge < -0.3 is 5.32 Å². The van der Waals surface area contributed by atoms with Crippen molar-refractivity contribution in [3.05, 3.63) is 11.1 Å². The first kappa shape index (κ1) is 7.61. The molecule has 1 rings (SSSR count). The Kier molecular flexibility index (Phi) is 2.33. The Morgan fingerprint density at radius 1 is 1.70 bits per heavy atom. The second kappa shape index (κ2) is 3.06. The van der Waals surface area contributed by atoms with Crippen LogP contribution in [-0.2, 0) is 4.79 Å². The third-order valence-corrected chi connectivity index (χ3v) is 1.36. The summed E-state index contributed by atoms with van der Waals surface area (Å²) in [6.07, 6.45) is 3.63. The number of amides is 1. The van der Waals surface area contributed by atoms with Crippen molar-refractivity contribution in [1.82, 2.24) is 5.32 Å². The molecule has 3 heteroatoms. The van der Waals surface area contributed by atoms with Crippen LogP contribution < -0.4 is 5.32 Å². The first-order valence-electron chi connectivity index (χ1n) is 3.33. The first-order chi connectivity index (χ1) is 4.68. The average Bonchev–Trinajstić information content (AvgIpc) is 2.46. The molecule has 0 bridgehead atoms. The summed E-state index contributed by atoms with van der Waals surface area (Å²) in [7, 11) is 0. The van der Waals surface area contributed by atoms with Gasteiger partial charge in [0, 0.05) is 17.2 Å². The molecule has 0 saturated heterocycles. The molecule has 56 valence electrons. The average molecular weight is 160 g/mol. The fourth-order valence-electron chi connectivity index (χ4n) is 0.651. The number of carbonyl (C=O) groups is 1. The molecule has 0 radical (unpaired) electrons. The number of hydrogen-bond acceptors (Lipinski definition) is 1. The smallest absolute Gasteiger partial charge is 0.245 e. The van der Waals surface area contributed by atoms with E-state index in [0.29, 0.717) is 11.1 Å². The number of rotatable bonds is 2. The maximum Gasteiger partial charge on any atom is 0.245 e. The second-order valence-corrected chi connectivity index (χ2v) is 3.11. The summed E-state index contributed by atoms with van der Waals surface area (Å²) in [4.78, 5) is 10.8. The van der Waals surface area contributed by atoms with Gasteiger partial charge in [-0.15, -0.1) is 0 Å². The van der Waals surface area contributed by atoms with Gasteiger partial charge >= 0.3 is 0 Å². The zero-order chi connectivity index (χ0) is 7.56. The molecular weight excluding hydrogens is 150 g/mol. The number of nitrogens with one attached hydrogen (secondary N) is 1. The van der Waals surface area contributed by atoms with Gasteiger partial charge in [0.05, 0.1) is 0 Å². The molecule has 0 unspecified atom stereocenters. The maximum atomic E-state index is 10.8. The predicted octanol–water partition coefficient (Wildman–Crippen LogP) is 1.41. The van der Waals surface area contributed by atoms with Gasteiger partial charge in [0.25, 0.3) is 0 Å². The third-order valence-electron chi connectivity index (χ3n) is 1.25. The lowest BCUT2D eigenvalue weighted by molar-refractivity contribution is -0.116. The van der Waals surface area contributed by atoms with E-state index in [1.54, 1.807) is 6.92 Å². The summed E-state index contributed by atoms with van der Waals surface area (Å²) in [5, 5.41) is 3.31. The minimum absolute atomic E-state index is 0.0741. The van der Waals surface area contributed by atoms with Gasteiger partial charge in [-0.05, 0) is 19.8 Å². The van der Waals surface area contributed by atoms with Crippen LogP contribution in [0.1, 0.15) is 19.8 Å². The minimum Gasteiger partial charge on any atom is -0.350 e. The van der Waals surface area contributed by atoms with Gasteiger partial charge in [-0.25, -0.2) is 0 Å². The summed E-state index contributed by atoms with van der Waals surface area (Å²) in [5.74, 6) is -0.0741. The molecule has 0 spiro atoms. The molecule has 1 aliphatic carbocycles. The summed E-state index contributed by atoms with van der Waals surface area (Å²) < 4.78 is 0. The van der Waals surface area contributed by atoms with Crippen molar-refractivity contribution in [2.75, 3.05) is 0 Å². The van der Waals surface area contributed by atoms with Gasteiger partial charge in [-0.2, -0.15) is 0 Å². The minimum atomic E-state index is -0.0741. The zero-order valence-electron chi connectivity index (χ0n) is 5.86. The van der Waals surface area contributed by atoms with Crippen LogP contribution in [0, 0.1) is 0 Å². The third kappa shape index (κ3) is 2.87. The quantitative estimate of drug-likeness (QED) is 0.607. The Labute approximate surface area is 65.2 Å². The molecule has 0 atom stereocenters. The van der Waals surface area contributed by atoms with Crippen LogP contribution in [0.3, 0.4) is 0 Å². The lowest BCUT2D eigenvalue weighted by atomic mass is 10.5. The van der Waals surface area contributed by atoms with Crippen LogP contribution in [0.4, 0.5) is 0 Å². The Balaban J connectivity index is 2.26. The Morgan fingerprint density at radius 3 is 2.70 bits per heavy atom. The summed E-state index contributed by atoms with van der Waals surface area (Å²) >= 11 is 5.48. The van der Waals surface area contributed by atoms with Crippen LogP contribution in [0.25, 0.3) is 0 Å². The summed E-state index contributed by atoms with van der Waals surface area (Å²) in [6, 6.07) is 0.416. The fraction of sp³-hybridized carbons (Fsp3) is 0.571. The van der Waals surface area contributed by atoms with Crippen molar-refractivity contribution >= 4 is 17.5 Å². The van der Waals surface area contributed by atoms with Crippen molar-refractivity contribution < 1.29 is 4.79 Å². The molecule has 0 aromatic rings. The van der Waals surface area contributed by atoms with Crippen molar-refractivity contribution in [3.8, 4) is 0 Å². The van der Waals surface area contributed by atoms with E-state index in [1.807, 2.05) is 0 Å². The fourth-order valence-corrected chi connectivity index (χ4v) is 0.750. The SMILES string of the molecule is CC(Cl)=CC(=O)NC1CC1. The topological polar surface area (TPSA) is 29.1 Å². The number of allylic oxidation sites excluding steroid dienone is 1. The lowest BCUT2D eigenvalue weighted by Crippen LogP contribution is -2.23. The van der Waals surface area contributed by atoms with Crippen LogP contribution in [0.5, 0.6) is 0 Å². The molecule has 0 aromatic carbocycles. The molecule has 0 aromatic heterocycles. The lowest BCUT2D eigenvalue weighted by Gasteiger charge is -1.95. The summed E-state index contributed by atoms with van der Waals surface area (Å²) in [6.45, 7) is 1.69. The van der Waals surface area contributed by atoms with E-state index >= 15 is 0 Å². The summed E-state index contributed by atoms with van der Waals surface area (Å²) in [5.41, 5.74) is 0. The van der Waals surface area contributed by atoms with E-state index in [-0.39, 0.29) is 5.91 Å². The molecule has 2 nitrogen and oxygen atoms in total. The maximum absolute atomic E-state index is 10.8. The van der Waals surface area contributed by atoms with E-state index in [2.05, 4.69) is 5.32 Å². The molecule has 1 aliphatic rings.